The van der Waals surface area contributed by atoms with Crippen LogP contribution in [0, 0.1) is 19.8 Å². The van der Waals surface area contributed by atoms with Gasteiger partial charge in [0.1, 0.15) is 0 Å². The Morgan fingerprint density at radius 1 is 1.22 bits per heavy atom. The van der Waals surface area contributed by atoms with Crippen molar-refractivity contribution in [3.8, 4) is 0 Å². The monoisotopic (exact) mass is 383 g/mol. The van der Waals surface area contributed by atoms with Gasteiger partial charge in [-0.05, 0) is 67.7 Å². The lowest BCUT2D eigenvalue weighted by Crippen LogP contribution is -2.45. The number of anilines is 1. The molecule has 0 bridgehead atoms. The first-order valence-corrected chi connectivity index (χ1v) is 10.4. The fraction of sp³-hybridized carbons (Fsp3) is 0.429. The van der Waals surface area contributed by atoms with E-state index in [9.17, 15) is 9.59 Å². The molecule has 0 unspecified atom stereocenters. The number of hydrogen-bond acceptors (Lipinski definition) is 4. The second-order valence-corrected chi connectivity index (χ2v) is 8.62. The molecular weight excluding hydrogens is 358 g/mol. The number of benzene rings is 1. The Labute approximate surface area is 163 Å². The summed E-state index contributed by atoms with van der Waals surface area (Å²) >= 11 is 1.82. The number of amides is 3. The molecule has 0 radical (unpaired) electrons. The van der Waals surface area contributed by atoms with E-state index in [1.165, 1.54) is 23.3 Å². The molecule has 1 aromatic carbocycles. The number of urea groups is 1. The van der Waals surface area contributed by atoms with E-state index in [0.717, 1.165) is 29.8 Å². The molecule has 3 amide bonds. The fourth-order valence-electron chi connectivity index (χ4n) is 4.00. The number of rotatable bonds is 4. The highest BCUT2D eigenvalue weighted by molar-refractivity contribution is 7.10. The van der Waals surface area contributed by atoms with Gasteiger partial charge in [-0.2, -0.15) is 0 Å². The van der Waals surface area contributed by atoms with Gasteiger partial charge in [-0.1, -0.05) is 17.7 Å². The molecular formula is C21H25N3O2S. The largest absolute Gasteiger partial charge is 0.325 e. The maximum Gasteiger partial charge on any atom is 0.325 e. The van der Waals surface area contributed by atoms with Crippen molar-refractivity contribution in [2.24, 2.45) is 5.92 Å². The van der Waals surface area contributed by atoms with Crippen LogP contribution in [0.2, 0.25) is 0 Å². The molecule has 1 aliphatic heterocycles. The molecule has 27 heavy (non-hydrogen) atoms. The highest BCUT2D eigenvalue weighted by atomic mass is 32.1. The summed E-state index contributed by atoms with van der Waals surface area (Å²) in [6.45, 7) is 5.09. The molecule has 2 aromatic rings. The lowest BCUT2D eigenvalue weighted by Gasteiger charge is -2.35. The van der Waals surface area contributed by atoms with E-state index in [-0.39, 0.29) is 12.5 Å². The number of hydrogen-bond donors (Lipinski definition) is 2. The summed E-state index contributed by atoms with van der Waals surface area (Å²) in [7, 11) is 0. The molecule has 0 saturated heterocycles. The number of nitrogens with zero attached hydrogens (tertiary/aromatic N) is 1. The van der Waals surface area contributed by atoms with Crippen LogP contribution in [0.15, 0.2) is 29.6 Å². The standard InChI is InChI=1S/C21H25N3O2S/c1-13-3-6-17(14(2)11-13)22-21(26)23-19(25)12-24-9-7-18-16(8-10-27-18)20(24)15-4-5-15/h3,6,8,10-11,15,20H,4-5,7,9,12H2,1-2H3,(H2,22,23,25,26)/t20-/m1/s1. The maximum atomic E-state index is 12.5. The van der Waals surface area contributed by atoms with Gasteiger partial charge in [0.2, 0.25) is 5.91 Å². The van der Waals surface area contributed by atoms with E-state index in [1.807, 2.05) is 43.4 Å². The van der Waals surface area contributed by atoms with Gasteiger partial charge in [0.05, 0.1) is 6.54 Å². The van der Waals surface area contributed by atoms with Crippen LogP contribution in [-0.2, 0) is 11.2 Å². The minimum absolute atomic E-state index is 0.249. The van der Waals surface area contributed by atoms with Gasteiger partial charge in [-0.25, -0.2) is 4.79 Å². The van der Waals surface area contributed by atoms with Gasteiger partial charge < -0.3 is 5.32 Å². The Kier molecular flexibility index (Phi) is 5.02. The van der Waals surface area contributed by atoms with E-state index < -0.39 is 6.03 Å². The van der Waals surface area contributed by atoms with Gasteiger partial charge >= 0.3 is 6.03 Å². The average Bonchev–Trinajstić information content (AvgIpc) is 3.33. The van der Waals surface area contributed by atoms with Crippen LogP contribution in [0.1, 0.15) is 40.5 Å². The van der Waals surface area contributed by atoms with Crippen LogP contribution >= 0.6 is 11.3 Å². The molecule has 2 aliphatic rings. The van der Waals surface area contributed by atoms with Crippen molar-refractivity contribution in [2.45, 2.75) is 39.2 Å². The van der Waals surface area contributed by atoms with Gasteiger partial charge in [-0.15, -0.1) is 11.3 Å². The summed E-state index contributed by atoms with van der Waals surface area (Å²) < 4.78 is 0. The number of nitrogens with one attached hydrogen (secondary N) is 2. The first-order chi connectivity index (χ1) is 13.0. The molecule has 1 fully saturated rings. The number of thiophene rings is 1. The van der Waals surface area contributed by atoms with Gasteiger partial charge in [0.25, 0.3) is 0 Å². The summed E-state index contributed by atoms with van der Waals surface area (Å²) in [4.78, 5) is 28.4. The number of carbonyl (C=O) groups excluding carboxylic acids is 2. The van der Waals surface area contributed by atoms with Gasteiger partial charge in [0, 0.05) is 23.2 Å². The highest BCUT2D eigenvalue weighted by Crippen LogP contribution is 2.48. The quantitative estimate of drug-likeness (QED) is 0.838. The zero-order chi connectivity index (χ0) is 19.0. The summed E-state index contributed by atoms with van der Waals surface area (Å²) in [6.07, 6.45) is 3.44. The first kappa shape index (κ1) is 18.2. The van der Waals surface area contributed by atoms with Crippen LogP contribution in [-0.4, -0.2) is 29.9 Å². The Hall–Kier alpha value is -2.18. The smallest absolute Gasteiger partial charge is 0.307 e. The molecule has 142 valence electrons. The van der Waals surface area contributed by atoms with Crippen molar-refractivity contribution in [2.75, 3.05) is 18.4 Å². The molecule has 0 spiro atoms. The predicted molar refractivity (Wildman–Crippen MR) is 108 cm³/mol. The lowest BCUT2D eigenvalue weighted by molar-refractivity contribution is -0.121. The highest BCUT2D eigenvalue weighted by Gasteiger charge is 2.40. The molecule has 6 heteroatoms. The zero-order valence-corrected chi connectivity index (χ0v) is 16.6. The summed E-state index contributed by atoms with van der Waals surface area (Å²) in [5, 5.41) is 7.42. The van der Waals surface area contributed by atoms with E-state index in [0.29, 0.717) is 12.0 Å². The Balaban J connectivity index is 1.37. The Bertz CT molecular complexity index is 872. The third kappa shape index (κ3) is 4.06. The molecule has 1 aliphatic carbocycles. The van der Waals surface area contributed by atoms with Crippen LogP contribution in [0.25, 0.3) is 0 Å². The second kappa shape index (κ2) is 7.44. The maximum absolute atomic E-state index is 12.5. The summed E-state index contributed by atoms with van der Waals surface area (Å²) in [5.74, 6) is 0.400. The Morgan fingerprint density at radius 2 is 2.04 bits per heavy atom. The molecule has 1 saturated carbocycles. The average molecular weight is 384 g/mol. The normalized spacial score (nSPS) is 19.4. The minimum atomic E-state index is -0.469. The number of fused-ring (bicyclic) bond motifs is 1. The topological polar surface area (TPSA) is 61.4 Å². The number of imide groups is 1. The Morgan fingerprint density at radius 3 is 2.78 bits per heavy atom. The van der Waals surface area contributed by atoms with E-state index in [1.54, 1.807) is 0 Å². The molecule has 1 atom stereocenters. The first-order valence-electron chi connectivity index (χ1n) is 9.49. The zero-order valence-electron chi connectivity index (χ0n) is 15.7. The van der Waals surface area contributed by atoms with Gasteiger partial charge in [-0.3, -0.25) is 15.0 Å². The fourth-order valence-corrected chi connectivity index (χ4v) is 4.91. The second-order valence-electron chi connectivity index (χ2n) is 7.62. The van der Waals surface area contributed by atoms with Crippen molar-refractivity contribution in [3.63, 3.8) is 0 Å². The van der Waals surface area contributed by atoms with Crippen molar-refractivity contribution >= 4 is 29.0 Å². The number of aryl methyl sites for hydroxylation is 2. The third-order valence-corrected chi connectivity index (χ3v) is 6.41. The molecule has 5 nitrogen and oxygen atoms in total. The van der Waals surface area contributed by atoms with Crippen LogP contribution < -0.4 is 10.6 Å². The molecule has 2 heterocycles. The minimum Gasteiger partial charge on any atom is -0.307 e. The van der Waals surface area contributed by atoms with E-state index >= 15 is 0 Å². The molecule has 4 rings (SSSR count). The third-order valence-electron chi connectivity index (χ3n) is 5.42. The summed E-state index contributed by atoms with van der Waals surface area (Å²) in [5.41, 5.74) is 4.23. The molecule has 1 aromatic heterocycles. The van der Waals surface area contributed by atoms with E-state index in [2.05, 4.69) is 27.0 Å². The SMILES string of the molecule is Cc1ccc(NC(=O)NC(=O)CN2CCc3sccc3[C@H]2C2CC2)c(C)c1. The van der Waals surface area contributed by atoms with Crippen molar-refractivity contribution in [1.29, 1.82) is 0 Å². The van der Waals surface area contributed by atoms with Crippen molar-refractivity contribution in [1.82, 2.24) is 10.2 Å². The van der Waals surface area contributed by atoms with Crippen molar-refractivity contribution < 1.29 is 9.59 Å². The van der Waals surface area contributed by atoms with Crippen LogP contribution in [0.5, 0.6) is 0 Å². The van der Waals surface area contributed by atoms with Crippen LogP contribution in [0.3, 0.4) is 0 Å². The van der Waals surface area contributed by atoms with Crippen molar-refractivity contribution in [3.05, 3.63) is 51.2 Å². The summed E-state index contributed by atoms with van der Waals surface area (Å²) in [6, 6.07) is 7.87. The van der Waals surface area contributed by atoms with E-state index in [4.69, 9.17) is 0 Å². The predicted octanol–water partition coefficient (Wildman–Crippen LogP) is 4.02. The van der Waals surface area contributed by atoms with Gasteiger partial charge in [0.15, 0.2) is 0 Å². The lowest BCUT2D eigenvalue weighted by atomic mass is 9.96. The molecule has 2 N–H and O–H groups in total. The van der Waals surface area contributed by atoms with Crippen LogP contribution in [0.4, 0.5) is 10.5 Å². The number of carbonyl (C=O) groups is 2.